The fraction of sp³-hybridized carbons (Fsp3) is 0.500. The monoisotopic (exact) mass is 248 g/mol. The van der Waals surface area contributed by atoms with E-state index < -0.39 is 0 Å². The molecule has 4 heteroatoms. The molecule has 0 saturated heterocycles. The van der Waals surface area contributed by atoms with Crippen molar-refractivity contribution in [2.24, 2.45) is 0 Å². The maximum atomic E-state index is 8.79. The van der Waals surface area contributed by atoms with Gasteiger partial charge in [0, 0.05) is 6.54 Å². The van der Waals surface area contributed by atoms with Gasteiger partial charge in [-0.25, -0.2) is 0 Å². The molecular weight excluding hydrogens is 228 g/mol. The van der Waals surface area contributed by atoms with E-state index in [0.717, 1.165) is 36.6 Å². The van der Waals surface area contributed by atoms with Crippen molar-refractivity contribution < 1.29 is 9.47 Å². The number of benzene rings is 1. The lowest BCUT2D eigenvalue weighted by Crippen LogP contribution is -2.24. The molecule has 0 unspecified atom stereocenters. The first-order chi connectivity index (χ1) is 8.74. The first-order valence-corrected chi connectivity index (χ1v) is 6.05. The van der Waals surface area contributed by atoms with Gasteiger partial charge >= 0.3 is 0 Å². The summed E-state index contributed by atoms with van der Waals surface area (Å²) in [5.74, 6) is 1.45. The summed E-state index contributed by atoms with van der Waals surface area (Å²) < 4.78 is 10.5. The van der Waals surface area contributed by atoms with Crippen molar-refractivity contribution in [1.82, 2.24) is 4.90 Å². The lowest BCUT2D eigenvalue weighted by molar-refractivity contribution is 0.297. The van der Waals surface area contributed by atoms with Crippen molar-refractivity contribution in [2.75, 3.05) is 27.3 Å². The minimum atomic E-state index is 0.447. The molecule has 0 heterocycles. The van der Waals surface area contributed by atoms with Crippen molar-refractivity contribution in [1.29, 1.82) is 5.26 Å². The minimum absolute atomic E-state index is 0.447. The Morgan fingerprint density at radius 3 is 2.50 bits per heavy atom. The molecular formula is C14H20N2O2. The van der Waals surface area contributed by atoms with Crippen LogP contribution in [0.25, 0.3) is 0 Å². The molecule has 0 aliphatic carbocycles. The number of rotatable bonds is 7. The van der Waals surface area contributed by atoms with Crippen LogP contribution in [0.15, 0.2) is 18.2 Å². The SMILES string of the molecule is CCCN(CC#N)Cc1ccc(OC)c(OC)c1. The Bertz CT molecular complexity index is 413. The second kappa shape index (κ2) is 7.57. The second-order valence-corrected chi connectivity index (χ2v) is 4.06. The largest absolute Gasteiger partial charge is 0.493 e. The van der Waals surface area contributed by atoms with E-state index in [1.807, 2.05) is 18.2 Å². The predicted octanol–water partition coefficient (Wildman–Crippen LogP) is 2.44. The Labute approximate surface area is 109 Å². The van der Waals surface area contributed by atoms with Crippen LogP contribution in [0.4, 0.5) is 0 Å². The molecule has 98 valence electrons. The highest BCUT2D eigenvalue weighted by Crippen LogP contribution is 2.27. The Morgan fingerprint density at radius 1 is 1.22 bits per heavy atom. The molecule has 4 nitrogen and oxygen atoms in total. The van der Waals surface area contributed by atoms with E-state index >= 15 is 0 Å². The molecule has 0 saturated carbocycles. The number of nitrogens with zero attached hydrogens (tertiary/aromatic N) is 2. The maximum absolute atomic E-state index is 8.79. The molecule has 1 aromatic carbocycles. The van der Waals surface area contributed by atoms with Crippen LogP contribution >= 0.6 is 0 Å². The van der Waals surface area contributed by atoms with Crippen LogP contribution in [-0.4, -0.2) is 32.2 Å². The molecule has 0 radical (unpaired) electrons. The van der Waals surface area contributed by atoms with Gasteiger partial charge in [0.1, 0.15) is 0 Å². The topological polar surface area (TPSA) is 45.5 Å². The summed E-state index contributed by atoms with van der Waals surface area (Å²) in [6.07, 6.45) is 1.04. The number of methoxy groups -OCH3 is 2. The van der Waals surface area contributed by atoms with E-state index in [-0.39, 0.29) is 0 Å². The zero-order chi connectivity index (χ0) is 13.4. The van der Waals surface area contributed by atoms with E-state index in [0.29, 0.717) is 6.54 Å². The molecule has 0 fully saturated rings. The lowest BCUT2D eigenvalue weighted by atomic mass is 10.2. The van der Waals surface area contributed by atoms with Gasteiger partial charge in [-0.3, -0.25) is 4.90 Å². The van der Waals surface area contributed by atoms with E-state index in [9.17, 15) is 0 Å². The summed E-state index contributed by atoms with van der Waals surface area (Å²) >= 11 is 0. The first kappa shape index (κ1) is 14.3. The van der Waals surface area contributed by atoms with Crippen molar-refractivity contribution >= 4 is 0 Å². The number of ether oxygens (including phenoxy) is 2. The van der Waals surface area contributed by atoms with E-state index in [2.05, 4.69) is 17.9 Å². The summed E-state index contributed by atoms with van der Waals surface area (Å²) in [5.41, 5.74) is 1.12. The van der Waals surface area contributed by atoms with Gasteiger partial charge in [-0.15, -0.1) is 0 Å². The van der Waals surface area contributed by atoms with E-state index in [1.165, 1.54) is 0 Å². The Morgan fingerprint density at radius 2 is 1.94 bits per heavy atom. The Kier molecular flexibility index (Phi) is 6.03. The third kappa shape index (κ3) is 3.94. The molecule has 0 spiro atoms. The Balaban J connectivity index is 2.80. The van der Waals surface area contributed by atoms with Gasteiger partial charge in [0.15, 0.2) is 11.5 Å². The predicted molar refractivity (Wildman–Crippen MR) is 70.7 cm³/mol. The average molecular weight is 248 g/mol. The van der Waals surface area contributed by atoms with Gasteiger partial charge in [0.05, 0.1) is 26.8 Å². The van der Waals surface area contributed by atoms with Crippen LogP contribution in [0.2, 0.25) is 0 Å². The van der Waals surface area contributed by atoms with E-state index in [1.54, 1.807) is 14.2 Å². The van der Waals surface area contributed by atoms with Crippen LogP contribution in [0.5, 0.6) is 11.5 Å². The number of hydrogen-bond donors (Lipinski definition) is 0. The number of hydrogen-bond acceptors (Lipinski definition) is 4. The summed E-state index contributed by atoms with van der Waals surface area (Å²) in [4.78, 5) is 2.11. The van der Waals surface area contributed by atoms with Crippen molar-refractivity contribution in [3.63, 3.8) is 0 Å². The molecule has 0 bridgehead atoms. The Hall–Kier alpha value is -1.73. The van der Waals surface area contributed by atoms with Gasteiger partial charge in [-0.2, -0.15) is 5.26 Å². The molecule has 0 atom stereocenters. The van der Waals surface area contributed by atoms with Gasteiger partial charge < -0.3 is 9.47 Å². The van der Waals surface area contributed by atoms with Gasteiger partial charge in [0.2, 0.25) is 0 Å². The fourth-order valence-electron chi connectivity index (χ4n) is 1.87. The smallest absolute Gasteiger partial charge is 0.161 e. The number of nitriles is 1. The molecule has 1 rings (SSSR count). The van der Waals surface area contributed by atoms with Crippen molar-refractivity contribution in [3.05, 3.63) is 23.8 Å². The maximum Gasteiger partial charge on any atom is 0.161 e. The standard InChI is InChI=1S/C14H20N2O2/c1-4-8-16(9-7-15)11-12-5-6-13(17-2)14(10-12)18-3/h5-6,10H,4,8-9,11H2,1-3H3. The van der Waals surface area contributed by atoms with Crippen LogP contribution in [0.3, 0.4) is 0 Å². The molecule has 0 aliphatic rings. The van der Waals surface area contributed by atoms with Crippen LogP contribution in [-0.2, 0) is 6.54 Å². The molecule has 0 aromatic heterocycles. The summed E-state index contributed by atoms with van der Waals surface area (Å²) in [5, 5.41) is 8.79. The van der Waals surface area contributed by atoms with Crippen LogP contribution in [0, 0.1) is 11.3 Å². The van der Waals surface area contributed by atoms with Crippen LogP contribution < -0.4 is 9.47 Å². The summed E-state index contributed by atoms with van der Waals surface area (Å²) in [6.45, 7) is 4.23. The quantitative estimate of drug-likeness (QED) is 0.695. The average Bonchev–Trinajstić information content (AvgIpc) is 2.39. The van der Waals surface area contributed by atoms with Gasteiger partial charge in [-0.05, 0) is 30.7 Å². The van der Waals surface area contributed by atoms with Crippen molar-refractivity contribution in [2.45, 2.75) is 19.9 Å². The summed E-state index contributed by atoms with van der Waals surface area (Å²) in [6, 6.07) is 8.05. The highest BCUT2D eigenvalue weighted by molar-refractivity contribution is 5.42. The normalized spacial score (nSPS) is 10.2. The van der Waals surface area contributed by atoms with Gasteiger partial charge in [0.25, 0.3) is 0 Å². The first-order valence-electron chi connectivity index (χ1n) is 6.05. The highest BCUT2D eigenvalue weighted by Gasteiger charge is 2.08. The minimum Gasteiger partial charge on any atom is -0.493 e. The third-order valence-corrected chi connectivity index (χ3v) is 2.69. The van der Waals surface area contributed by atoms with E-state index in [4.69, 9.17) is 14.7 Å². The zero-order valence-electron chi connectivity index (χ0n) is 11.3. The molecule has 18 heavy (non-hydrogen) atoms. The van der Waals surface area contributed by atoms with Crippen LogP contribution in [0.1, 0.15) is 18.9 Å². The zero-order valence-corrected chi connectivity index (χ0v) is 11.3. The summed E-state index contributed by atoms with van der Waals surface area (Å²) in [7, 11) is 3.25. The molecule has 0 aliphatic heterocycles. The molecule has 1 aromatic rings. The van der Waals surface area contributed by atoms with Crippen molar-refractivity contribution in [3.8, 4) is 17.6 Å². The molecule has 0 amide bonds. The third-order valence-electron chi connectivity index (χ3n) is 2.69. The molecule has 0 N–H and O–H groups in total. The van der Waals surface area contributed by atoms with Gasteiger partial charge in [-0.1, -0.05) is 13.0 Å². The second-order valence-electron chi connectivity index (χ2n) is 4.06. The highest BCUT2D eigenvalue weighted by atomic mass is 16.5. The fourth-order valence-corrected chi connectivity index (χ4v) is 1.87. The lowest BCUT2D eigenvalue weighted by Gasteiger charge is -2.19.